The molecule has 0 aromatic rings. The van der Waals surface area contributed by atoms with Crippen molar-refractivity contribution in [2.45, 2.75) is 19.9 Å². The minimum Gasteiger partial charge on any atom is -0.409 e. The van der Waals surface area contributed by atoms with E-state index in [1.54, 1.807) is 0 Å². The van der Waals surface area contributed by atoms with Gasteiger partial charge in [0, 0.05) is 6.54 Å². The molecule has 18 heavy (non-hydrogen) atoms. The number of morpholine rings is 1. The quantitative estimate of drug-likeness (QED) is 0.244. The minimum atomic E-state index is -1.21. The van der Waals surface area contributed by atoms with Crippen molar-refractivity contribution in [3.05, 3.63) is 0 Å². The molecule has 0 spiro atoms. The molecule has 0 saturated carbocycles. The second-order valence-electron chi connectivity index (χ2n) is 4.60. The van der Waals surface area contributed by atoms with Crippen LogP contribution in [0.2, 0.25) is 0 Å². The van der Waals surface area contributed by atoms with Crippen molar-refractivity contribution >= 4 is 17.6 Å². The van der Waals surface area contributed by atoms with E-state index in [2.05, 4.69) is 5.16 Å². The number of hydrogen-bond acceptors (Lipinski definition) is 5. The Morgan fingerprint density at radius 1 is 1.44 bits per heavy atom. The summed E-state index contributed by atoms with van der Waals surface area (Å²) in [4.78, 5) is 24.9. The summed E-state index contributed by atoms with van der Waals surface area (Å²) < 4.78 is 5.12. The number of amides is 2. The first kappa shape index (κ1) is 14.2. The van der Waals surface area contributed by atoms with Gasteiger partial charge >= 0.3 is 0 Å². The number of ether oxygens (including phenoxy) is 1. The summed E-state index contributed by atoms with van der Waals surface area (Å²) in [7, 11) is 0. The van der Waals surface area contributed by atoms with Gasteiger partial charge in [-0.3, -0.25) is 9.59 Å². The number of carbonyl (C=O) groups excluding carboxylic acids is 2. The molecule has 1 aliphatic rings. The highest BCUT2D eigenvalue weighted by atomic mass is 16.5. The number of nitrogens with two attached hydrogens (primary N) is 2. The summed E-state index contributed by atoms with van der Waals surface area (Å²) in [6.07, 6.45) is 0. The maximum absolute atomic E-state index is 12.3. The fourth-order valence-corrected chi connectivity index (χ4v) is 1.68. The molecular formula is C10H18N4O4. The summed E-state index contributed by atoms with van der Waals surface area (Å²) in [6.45, 7) is 3.65. The Balaban J connectivity index is 2.97. The first-order valence-electron chi connectivity index (χ1n) is 5.48. The Kier molecular flexibility index (Phi) is 4.12. The van der Waals surface area contributed by atoms with Crippen LogP contribution in [0.5, 0.6) is 0 Å². The van der Waals surface area contributed by atoms with Gasteiger partial charge in [0.15, 0.2) is 5.84 Å². The zero-order valence-electron chi connectivity index (χ0n) is 10.4. The van der Waals surface area contributed by atoms with Crippen molar-refractivity contribution in [1.29, 1.82) is 0 Å². The van der Waals surface area contributed by atoms with E-state index in [0.29, 0.717) is 6.61 Å². The van der Waals surface area contributed by atoms with Crippen LogP contribution in [0, 0.1) is 5.41 Å². The largest absolute Gasteiger partial charge is 0.409 e. The molecule has 102 valence electrons. The summed E-state index contributed by atoms with van der Waals surface area (Å²) in [6, 6.07) is -0.822. The Labute approximate surface area is 105 Å². The van der Waals surface area contributed by atoms with Crippen LogP contribution >= 0.6 is 0 Å². The molecule has 0 aromatic heterocycles. The number of oxime groups is 1. The molecule has 1 fully saturated rings. The molecule has 0 bridgehead atoms. The Morgan fingerprint density at radius 2 is 2.06 bits per heavy atom. The number of hydrogen-bond donors (Lipinski definition) is 3. The molecule has 0 aromatic carbocycles. The smallest absolute Gasteiger partial charge is 0.242 e. The molecule has 1 atom stereocenters. The van der Waals surface area contributed by atoms with Crippen molar-refractivity contribution in [2.24, 2.45) is 22.0 Å². The number of carbonyl (C=O) groups is 2. The number of amidine groups is 1. The molecular weight excluding hydrogens is 240 g/mol. The van der Waals surface area contributed by atoms with Gasteiger partial charge in [-0.2, -0.15) is 0 Å². The van der Waals surface area contributed by atoms with Gasteiger partial charge in [0.05, 0.1) is 13.2 Å². The predicted molar refractivity (Wildman–Crippen MR) is 62.7 cm³/mol. The van der Waals surface area contributed by atoms with Crippen molar-refractivity contribution in [3.8, 4) is 0 Å². The molecule has 0 aliphatic carbocycles. The first-order valence-corrected chi connectivity index (χ1v) is 5.48. The maximum Gasteiger partial charge on any atom is 0.242 e. The van der Waals surface area contributed by atoms with Gasteiger partial charge in [-0.05, 0) is 13.8 Å². The summed E-state index contributed by atoms with van der Waals surface area (Å²) in [5.41, 5.74) is 9.50. The van der Waals surface area contributed by atoms with E-state index in [1.165, 1.54) is 18.7 Å². The van der Waals surface area contributed by atoms with Crippen molar-refractivity contribution in [3.63, 3.8) is 0 Å². The van der Waals surface area contributed by atoms with E-state index in [1.807, 2.05) is 0 Å². The van der Waals surface area contributed by atoms with E-state index in [-0.39, 0.29) is 19.0 Å². The number of primary amides is 1. The Hall–Kier alpha value is -1.83. The average Bonchev–Trinajstić information content (AvgIpc) is 2.36. The molecule has 0 radical (unpaired) electrons. The molecule has 8 heteroatoms. The number of nitrogens with zero attached hydrogens (tertiary/aromatic N) is 2. The third-order valence-corrected chi connectivity index (χ3v) is 3.00. The highest BCUT2D eigenvalue weighted by Gasteiger charge is 2.41. The SMILES string of the molecule is CC(C)(C(=O)N1CCOCC1C(N)=O)C(N)=NO. The second kappa shape index (κ2) is 5.21. The lowest BCUT2D eigenvalue weighted by Gasteiger charge is -2.38. The molecule has 8 nitrogen and oxygen atoms in total. The van der Waals surface area contributed by atoms with Gasteiger partial charge in [0.1, 0.15) is 11.5 Å². The first-order chi connectivity index (χ1) is 8.32. The average molecular weight is 258 g/mol. The normalized spacial score (nSPS) is 21.8. The highest BCUT2D eigenvalue weighted by molar-refractivity contribution is 6.06. The lowest BCUT2D eigenvalue weighted by atomic mass is 9.89. The zero-order valence-corrected chi connectivity index (χ0v) is 10.4. The van der Waals surface area contributed by atoms with Crippen LogP contribution in [-0.2, 0) is 14.3 Å². The summed E-state index contributed by atoms with van der Waals surface area (Å²) in [5.74, 6) is -1.29. The number of rotatable bonds is 3. The van der Waals surface area contributed by atoms with Crippen molar-refractivity contribution < 1.29 is 19.5 Å². The third-order valence-electron chi connectivity index (χ3n) is 3.00. The van der Waals surface area contributed by atoms with E-state index < -0.39 is 23.3 Å². The monoisotopic (exact) mass is 258 g/mol. The van der Waals surface area contributed by atoms with Crippen LogP contribution in [0.25, 0.3) is 0 Å². The Morgan fingerprint density at radius 3 is 2.56 bits per heavy atom. The fraction of sp³-hybridized carbons (Fsp3) is 0.700. The third kappa shape index (κ3) is 2.53. The molecule has 1 saturated heterocycles. The maximum atomic E-state index is 12.3. The molecule has 1 heterocycles. The van der Waals surface area contributed by atoms with E-state index in [9.17, 15) is 9.59 Å². The van der Waals surface area contributed by atoms with Gasteiger partial charge in [-0.1, -0.05) is 5.16 Å². The van der Waals surface area contributed by atoms with Crippen molar-refractivity contribution in [1.82, 2.24) is 4.90 Å². The summed E-state index contributed by atoms with van der Waals surface area (Å²) in [5, 5.41) is 11.5. The lowest BCUT2D eigenvalue weighted by molar-refractivity contribution is -0.151. The van der Waals surface area contributed by atoms with E-state index in [4.69, 9.17) is 21.4 Å². The van der Waals surface area contributed by atoms with Crippen molar-refractivity contribution in [2.75, 3.05) is 19.8 Å². The van der Waals surface area contributed by atoms with Crippen LogP contribution in [0.3, 0.4) is 0 Å². The Bertz CT molecular complexity index is 380. The highest BCUT2D eigenvalue weighted by Crippen LogP contribution is 2.22. The van der Waals surface area contributed by atoms with Gasteiger partial charge in [0.2, 0.25) is 11.8 Å². The standard InChI is InChI=1S/C10H18N4O4/c1-10(2,8(12)13-17)9(16)14-3-4-18-5-6(14)7(11)15/h6,17H,3-5H2,1-2H3,(H2,11,15)(H2,12,13). The van der Waals surface area contributed by atoms with Gasteiger partial charge in [-0.25, -0.2) is 0 Å². The van der Waals surface area contributed by atoms with Crippen LogP contribution < -0.4 is 11.5 Å². The van der Waals surface area contributed by atoms with Crippen LogP contribution in [0.15, 0.2) is 5.16 Å². The molecule has 5 N–H and O–H groups in total. The van der Waals surface area contributed by atoms with Gasteiger partial charge < -0.3 is 26.3 Å². The van der Waals surface area contributed by atoms with Crippen LogP contribution in [0.1, 0.15) is 13.8 Å². The van der Waals surface area contributed by atoms with Crippen LogP contribution in [-0.4, -0.2) is 53.6 Å². The topological polar surface area (TPSA) is 131 Å². The predicted octanol–water partition coefficient (Wildman–Crippen LogP) is -1.53. The van der Waals surface area contributed by atoms with Gasteiger partial charge in [-0.15, -0.1) is 0 Å². The molecule has 1 rings (SSSR count). The van der Waals surface area contributed by atoms with E-state index in [0.717, 1.165) is 0 Å². The fourth-order valence-electron chi connectivity index (χ4n) is 1.68. The second-order valence-corrected chi connectivity index (χ2v) is 4.60. The molecule has 2 amide bonds. The lowest BCUT2D eigenvalue weighted by Crippen LogP contribution is -2.59. The summed E-state index contributed by atoms with van der Waals surface area (Å²) >= 11 is 0. The molecule has 1 unspecified atom stereocenters. The molecule has 1 aliphatic heterocycles. The minimum absolute atomic E-state index is 0.0628. The van der Waals surface area contributed by atoms with Crippen LogP contribution in [0.4, 0.5) is 0 Å². The van der Waals surface area contributed by atoms with E-state index >= 15 is 0 Å². The zero-order chi connectivity index (χ0) is 13.9. The van der Waals surface area contributed by atoms with Gasteiger partial charge in [0.25, 0.3) is 0 Å².